The Labute approximate surface area is 147 Å². The molecule has 1 saturated heterocycles. The van der Waals surface area contributed by atoms with E-state index < -0.39 is 0 Å². The summed E-state index contributed by atoms with van der Waals surface area (Å²) in [5.74, 6) is 0. The topological polar surface area (TPSA) is 72.3 Å². The fraction of sp³-hybridized carbons (Fsp3) is 0.316. The fourth-order valence-electron chi connectivity index (χ4n) is 3.00. The smallest absolute Gasteiger partial charge is 0.317 e. The first-order valence-corrected chi connectivity index (χ1v) is 8.43. The average molecular weight is 335 g/mol. The molecule has 0 spiro atoms. The number of anilines is 1. The molecule has 1 aliphatic heterocycles. The quantitative estimate of drug-likeness (QED) is 0.935. The third-order valence-corrected chi connectivity index (χ3v) is 4.34. The van der Waals surface area contributed by atoms with Crippen molar-refractivity contribution in [2.75, 3.05) is 31.1 Å². The van der Waals surface area contributed by atoms with Gasteiger partial charge < -0.3 is 15.1 Å². The number of benzene rings is 1. The van der Waals surface area contributed by atoms with E-state index in [1.165, 1.54) is 0 Å². The van der Waals surface area contributed by atoms with Crippen molar-refractivity contribution in [1.82, 2.24) is 15.2 Å². The van der Waals surface area contributed by atoms with Crippen molar-refractivity contribution in [2.45, 2.75) is 13.0 Å². The van der Waals surface area contributed by atoms with Crippen LogP contribution in [0.15, 0.2) is 48.8 Å². The summed E-state index contributed by atoms with van der Waals surface area (Å²) in [4.78, 5) is 20.4. The number of amides is 2. The zero-order valence-corrected chi connectivity index (χ0v) is 14.1. The fourth-order valence-corrected chi connectivity index (χ4v) is 3.00. The Morgan fingerprint density at radius 2 is 1.92 bits per heavy atom. The monoisotopic (exact) mass is 335 g/mol. The first kappa shape index (κ1) is 16.8. The highest BCUT2D eigenvalue weighted by Gasteiger charge is 2.20. The van der Waals surface area contributed by atoms with Crippen LogP contribution in [0.4, 0.5) is 10.5 Å². The number of urea groups is 1. The molecule has 1 fully saturated rings. The molecule has 1 N–H and O–H groups in total. The van der Waals surface area contributed by atoms with Crippen LogP contribution in [0.5, 0.6) is 0 Å². The molecule has 0 unspecified atom stereocenters. The van der Waals surface area contributed by atoms with Crippen molar-refractivity contribution < 1.29 is 4.79 Å². The molecule has 0 radical (unpaired) electrons. The normalized spacial score (nSPS) is 14.5. The minimum absolute atomic E-state index is 0.0489. The summed E-state index contributed by atoms with van der Waals surface area (Å²) < 4.78 is 0. The first-order chi connectivity index (χ1) is 12.3. The number of nitrogens with zero attached hydrogens (tertiary/aromatic N) is 4. The lowest BCUT2D eigenvalue weighted by atomic mass is 10.1. The Bertz CT molecular complexity index is 756. The Morgan fingerprint density at radius 1 is 1.12 bits per heavy atom. The van der Waals surface area contributed by atoms with E-state index >= 15 is 0 Å². The zero-order valence-electron chi connectivity index (χ0n) is 14.1. The van der Waals surface area contributed by atoms with Crippen LogP contribution in [-0.4, -0.2) is 42.1 Å². The maximum atomic E-state index is 12.4. The molecule has 2 aromatic rings. The molecule has 0 atom stereocenters. The largest absolute Gasteiger partial charge is 0.369 e. The molecular weight excluding hydrogens is 314 g/mol. The van der Waals surface area contributed by atoms with Crippen LogP contribution in [0, 0.1) is 11.3 Å². The van der Waals surface area contributed by atoms with Gasteiger partial charge in [0.2, 0.25) is 0 Å². The average Bonchev–Trinajstić information content (AvgIpc) is 2.93. The molecule has 25 heavy (non-hydrogen) atoms. The van der Waals surface area contributed by atoms with Gasteiger partial charge in [0, 0.05) is 45.1 Å². The predicted octanol–water partition coefficient (Wildman–Crippen LogP) is 2.38. The van der Waals surface area contributed by atoms with E-state index in [1.54, 1.807) is 12.4 Å². The summed E-state index contributed by atoms with van der Waals surface area (Å²) in [7, 11) is 0. The predicted molar refractivity (Wildman–Crippen MR) is 96.0 cm³/mol. The van der Waals surface area contributed by atoms with Crippen molar-refractivity contribution in [3.8, 4) is 6.07 Å². The SMILES string of the molecule is N#Cc1ccccc1N1CCCN(C(=O)NCc2ccncc2)CC1. The molecular formula is C19H21N5O. The Morgan fingerprint density at radius 3 is 2.72 bits per heavy atom. The van der Waals surface area contributed by atoms with Gasteiger partial charge in [0.15, 0.2) is 0 Å². The van der Waals surface area contributed by atoms with Gasteiger partial charge in [-0.25, -0.2) is 4.79 Å². The van der Waals surface area contributed by atoms with Gasteiger partial charge in [-0.15, -0.1) is 0 Å². The number of para-hydroxylation sites is 1. The Balaban J connectivity index is 1.58. The van der Waals surface area contributed by atoms with Crippen LogP contribution in [0.1, 0.15) is 17.5 Å². The third-order valence-electron chi connectivity index (χ3n) is 4.34. The highest BCUT2D eigenvalue weighted by molar-refractivity contribution is 5.74. The van der Waals surface area contributed by atoms with Gasteiger partial charge in [-0.3, -0.25) is 4.98 Å². The molecule has 6 nitrogen and oxygen atoms in total. The number of carbonyl (C=O) groups is 1. The van der Waals surface area contributed by atoms with Crippen molar-refractivity contribution in [2.24, 2.45) is 0 Å². The van der Waals surface area contributed by atoms with Crippen LogP contribution in [0.2, 0.25) is 0 Å². The van der Waals surface area contributed by atoms with Crippen LogP contribution in [-0.2, 0) is 6.54 Å². The standard InChI is InChI=1S/C19H21N5O/c20-14-17-4-1-2-5-18(17)23-10-3-11-24(13-12-23)19(25)22-15-16-6-8-21-9-7-16/h1-2,4-9H,3,10-13,15H2,(H,22,25). The maximum absolute atomic E-state index is 12.4. The maximum Gasteiger partial charge on any atom is 0.317 e. The summed E-state index contributed by atoms with van der Waals surface area (Å²) in [5.41, 5.74) is 2.66. The molecule has 6 heteroatoms. The van der Waals surface area contributed by atoms with Gasteiger partial charge in [-0.1, -0.05) is 12.1 Å². The molecule has 1 aromatic heterocycles. The van der Waals surface area contributed by atoms with E-state index in [0.29, 0.717) is 25.2 Å². The van der Waals surface area contributed by atoms with Gasteiger partial charge in [0.1, 0.15) is 6.07 Å². The highest BCUT2D eigenvalue weighted by Crippen LogP contribution is 2.21. The Kier molecular flexibility index (Phi) is 5.47. The summed E-state index contributed by atoms with van der Waals surface area (Å²) in [5, 5.41) is 12.2. The number of nitrogens with one attached hydrogen (secondary N) is 1. The lowest BCUT2D eigenvalue weighted by Crippen LogP contribution is -2.41. The second-order valence-corrected chi connectivity index (χ2v) is 5.97. The van der Waals surface area contributed by atoms with Crippen molar-refractivity contribution >= 4 is 11.7 Å². The molecule has 2 amide bonds. The second-order valence-electron chi connectivity index (χ2n) is 5.97. The Hall–Kier alpha value is -3.07. The number of hydrogen-bond donors (Lipinski definition) is 1. The molecule has 0 bridgehead atoms. The van der Waals surface area contributed by atoms with E-state index in [0.717, 1.165) is 30.8 Å². The van der Waals surface area contributed by atoms with E-state index in [-0.39, 0.29) is 6.03 Å². The minimum atomic E-state index is -0.0489. The highest BCUT2D eigenvalue weighted by atomic mass is 16.2. The van der Waals surface area contributed by atoms with Gasteiger partial charge in [-0.05, 0) is 36.2 Å². The summed E-state index contributed by atoms with van der Waals surface area (Å²) >= 11 is 0. The molecule has 1 aliphatic rings. The molecule has 1 aromatic carbocycles. The molecule has 3 rings (SSSR count). The molecule has 0 aliphatic carbocycles. The van der Waals surface area contributed by atoms with Gasteiger partial charge in [0.25, 0.3) is 0 Å². The van der Waals surface area contributed by atoms with E-state index in [4.69, 9.17) is 0 Å². The number of aromatic nitrogens is 1. The number of nitriles is 1. The summed E-state index contributed by atoms with van der Waals surface area (Å²) in [6.45, 7) is 3.42. The van der Waals surface area contributed by atoms with Crippen LogP contribution in [0.25, 0.3) is 0 Å². The van der Waals surface area contributed by atoms with Crippen LogP contribution < -0.4 is 10.2 Å². The van der Waals surface area contributed by atoms with Gasteiger partial charge in [0.05, 0.1) is 11.3 Å². The van der Waals surface area contributed by atoms with Crippen molar-refractivity contribution in [1.29, 1.82) is 5.26 Å². The zero-order chi connectivity index (χ0) is 17.5. The third kappa shape index (κ3) is 4.27. The minimum Gasteiger partial charge on any atom is -0.369 e. The lowest BCUT2D eigenvalue weighted by Gasteiger charge is -2.24. The van der Waals surface area contributed by atoms with Gasteiger partial charge in [-0.2, -0.15) is 5.26 Å². The van der Waals surface area contributed by atoms with E-state index in [2.05, 4.69) is 21.3 Å². The van der Waals surface area contributed by atoms with E-state index in [9.17, 15) is 10.1 Å². The van der Waals surface area contributed by atoms with Gasteiger partial charge >= 0.3 is 6.03 Å². The molecule has 0 saturated carbocycles. The lowest BCUT2D eigenvalue weighted by molar-refractivity contribution is 0.201. The number of carbonyl (C=O) groups excluding carboxylic acids is 1. The van der Waals surface area contributed by atoms with Crippen LogP contribution in [0.3, 0.4) is 0 Å². The number of hydrogen-bond acceptors (Lipinski definition) is 4. The number of rotatable bonds is 3. The molecule has 2 heterocycles. The van der Waals surface area contributed by atoms with Crippen molar-refractivity contribution in [3.63, 3.8) is 0 Å². The summed E-state index contributed by atoms with van der Waals surface area (Å²) in [6, 6.07) is 13.6. The first-order valence-electron chi connectivity index (χ1n) is 8.43. The van der Waals surface area contributed by atoms with E-state index in [1.807, 2.05) is 41.3 Å². The molecule has 128 valence electrons. The second kappa shape index (κ2) is 8.15. The van der Waals surface area contributed by atoms with Crippen LogP contribution >= 0.6 is 0 Å². The van der Waals surface area contributed by atoms with Crippen molar-refractivity contribution in [3.05, 3.63) is 59.9 Å². The number of pyridine rings is 1. The summed E-state index contributed by atoms with van der Waals surface area (Å²) in [6.07, 6.45) is 4.32.